The number of hydrogen-bond donors (Lipinski definition) is 4. The number of nitrogens with one attached hydrogen (secondary N) is 2. The van der Waals surface area contributed by atoms with E-state index in [-0.39, 0.29) is 12.3 Å². The number of H-pyrrole nitrogens is 1. The molecule has 1 aliphatic carbocycles. The molecule has 1 heterocycles. The number of rotatable bonds is 5. The minimum atomic E-state index is -1.08. The van der Waals surface area contributed by atoms with E-state index in [4.69, 9.17) is 5.73 Å². The second kappa shape index (κ2) is 6.04. The summed E-state index contributed by atoms with van der Waals surface area (Å²) in [6.07, 6.45) is 7.28. The van der Waals surface area contributed by atoms with Crippen LogP contribution in [-0.4, -0.2) is 38.5 Å². The van der Waals surface area contributed by atoms with Gasteiger partial charge in [-0.2, -0.15) is 0 Å². The van der Waals surface area contributed by atoms with Crippen molar-refractivity contribution in [3.8, 4) is 0 Å². The van der Waals surface area contributed by atoms with Gasteiger partial charge < -0.3 is 21.1 Å². The summed E-state index contributed by atoms with van der Waals surface area (Å²) in [4.78, 5) is 30.2. The average molecular weight is 280 g/mol. The number of carboxylic acid groups (broad SMARTS) is 1. The molecule has 1 aromatic rings. The lowest BCUT2D eigenvalue weighted by Gasteiger charge is -2.32. The molecule has 110 valence electrons. The third-order valence-electron chi connectivity index (χ3n) is 3.78. The SMILES string of the molecule is NC1(C(=O)NC(Cc2cnc[nH]2)C(=O)O)CCCCC1. The molecule has 1 amide bonds. The van der Waals surface area contributed by atoms with Crippen molar-refractivity contribution in [3.05, 3.63) is 18.2 Å². The molecule has 20 heavy (non-hydrogen) atoms. The number of nitrogens with zero attached hydrogens (tertiary/aromatic N) is 1. The highest BCUT2D eigenvalue weighted by Crippen LogP contribution is 2.26. The van der Waals surface area contributed by atoms with Crippen molar-refractivity contribution in [1.82, 2.24) is 15.3 Å². The van der Waals surface area contributed by atoms with Crippen LogP contribution in [0.1, 0.15) is 37.8 Å². The molecule has 0 saturated heterocycles. The maximum atomic E-state index is 12.2. The Morgan fingerprint density at radius 1 is 1.45 bits per heavy atom. The Labute approximate surface area is 117 Å². The van der Waals surface area contributed by atoms with E-state index < -0.39 is 17.6 Å². The number of amides is 1. The van der Waals surface area contributed by atoms with Gasteiger partial charge in [0.05, 0.1) is 11.9 Å². The molecule has 1 aromatic heterocycles. The Kier molecular flexibility index (Phi) is 4.39. The minimum absolute atomic E-state index is 0.164. The number of nitrogens with two attached hydrogens (primary N) is 1. The van der Waals surface area contributed by atoms with Crippen molar-refractivity contribution in [1.29, 1.82) is 0 Å². The van der Waals surface area contributed by atoms with E-state index in [0.717, 1.165) is 19.3 Å². The predicted molar refractivity (Wildman–Crippen MR) is 71.9 cm³/mol. The molecular weight excluding hydrogens is 260 g/mol. The molecule has 0 aromatic carbocycles. The first kappa shape index (κ1) is 14.5. The standard InChI is InChI=1S/C13H20N4O3/c14-13(4-2-1-3-5-13)12(20)17-10(11(18)19)6-9-7-15-8-16-9/h7-8,10H,1-6,14H2,(H,15,16)(H,17,20)(H,18,19). The van der Waals surface area contributed by atoms with E-state index in [9.17, 15) is 14.7 Å². The first-order chi connectivity index (χ1) is 9.51. The van der Waals surface area contributed by atoms with Gasteiger partial charge in [0.15, 0.2) is 0 Å². The van der Waals surface area contributed by atoms with Gasteiger partial charge in [0, 0.05) is 18.3 Å². The molecule has 0 bridgehead atoms. The number of aromatic amines is 1. The van der Waals surface area contributed by atoms with Crippen molar-refractivity contribution in [3.63, 3.8) is 0 Å². The summed E-state index contributed by atoms with van der Waals surface area (Å²) in [6.45, 7) is 0. The van der Waals surface area contributed by atoms with Crippen LogP contribution in [0.5, 0.6) is 0 Å². The van der Waals surface area contributed by atoms with Crippen LogP contribution < -0.4 is 11.1 Å². The second-order valence-electron chi connectivity index (χ2n) is 5.36. The molecule has 0 spiro atoms. The van der Waals surface area contributed by atoms with Crippen molar-refractivity contribution >= 4 is 11.9 Å². The minimum Gasteiger partial charge on any atom is -0.480 e. The van der Waals surface area contributed by atoms with Gasteiger partial charge in [-0.15, -0.1) is 0 Å². The Hall–Kier alpha value is -1.89. The zero-order valence-corrected chi connectivity index (χ0v) is 11.3. The van der Waals surface area contributed by atoms with Crippen LogP contribution in [0.3, 0.4) is 0 Å². The largest absolute Gasteiger partial charge is 0.480 e. The van der Waals surface area contributed by atoms with Gasteiger partial charge in [0.25, 0.3) is 0 Å². The molecule has 1 atom stereocenters. The Bertz CT molecular complexity index is 466. The van der Waals surface area contributed by atoms with E-state index in [1.165, 1.54) is 6.33 Å². The van der Waals surface area contributed by atoms with E-state index in [1.54, 1.807) is 6.20 Å². The fourth-order valence-electron chi connectivity index (χ4n) is 2.53. The van der Waals surface area contributed by atoms with Crippen LogP contribution in [0.15, 0.2) is 12.5 Å². The Balaban J connectivity index is 2.00. The lowest BCUT2D eigenvalue weighted by Crippen LogP contribution is -2.58. The van der Waals surface area contributed by atoms with Gasteiger partial charge in [-0.25, -0.2) is 9.78 Å². The summed E-state index contributed by atoms with van der Waals surface area (Å²) in [6, 6.07) is -0.995. The molecule has 0 radical (unpaired) electrons. The zero-order chi connectivity index (χ0) is 14.6. The fourth-order valence-corrected chi connectivity index (χ4v) is 2.53. The lowest BCUT2D eigenvalue weighted by molar-refractivity contribution is -0.143. The molecule has 1 unspecified atom stereocenters. The normalized spacial score (nSPS) is 19.2. The first-order valence-electron chi connectivity index (χ1n) is 6.81. The summed E-state index contributed by atoms with van der Waals surface area (Å²) in [7, 11) is 0. The Morgan fingerprint density at radius 2 is 2.15 bits per heavy atom. The van der Waals surface area contributed by atoms with E-state index in [1.807, 2.05) is 0 Å². The number of aliphatic carboxylic acids is 1. The lowest BCUT2D eigenvalue weighted by atomic mass is 9.81. The van der Waals surface area contributed by atoms with Gasteiger partial charge in [0.2, 0.25) is 5.91 Å². The maximum absolute atomic E-state index is 12.2. The van der Waals surface area contributed by atoms with Gasteiger partial charge in [-0.05, 0) is 12.8 Å². The average Bonchev–Trinajstić information content (AvgIpc) is 2.91. The van der Waals surface area contributed by atoms with Gasteiger partial charge in [0.1, 0.15) is 6.04 Å². The maximum Gasteiger partial charge on any atom is 0.326 e. The zero-order valence-electron chi connectivity index (χ0n) is 11.3. The van der Waals surface area contributed by atoms with E-state index in [0.29, 0.717) is 18.5 Å². The summed E-state index contributed by atoms with van der Waals surface area (Å²) in [5.41, 5.74) is 5.83. The molecule has 2 rings (SSSR count). The van der Waals surface area contributed by atoms with Crippen LogP contribution >= 0.6 is 0 Å². The van der Waals surface area contributed by atoms with Crippen molar-refractivity contribution < 1.29 is 14.7 Å². The van der Waals surface area contributed by atoms with Gasteiger partial charge in [-0.1, -0.05) is 19.3 Å². The number of imidazole rings is 1. The predicted octanol–water partition coefficient (Wildman–Crippen LogP) is 0.183. The van der Waals surface area contributed by atoms with Crippen molar-refractivity contribution in [2.75, 3.05) is 0 Å². The molecular formula is C13H20N4O3. The molecule has 1 fully saturated rings. The van der Waals surface area contributed by atoms with Crippen LogP contribution in [0.25, 0.3) is 0 Å². The number of carbonyl (C=O) groups excluding carboxylic acids is 1. The molecule has 0 aliphatic heterocycles. The number of aromatic nitrogens is 2. The third kappa shape index (κ3) is 3.36. The Morgan fingerprint density at radius 3 is 2.70 bits per heavy atom. The highest BCUT2D eigenvalue weighted by atomic mass is 16.4. The van der Waals surface area contributed by atoms with Crippen molar-refractivity contribution in [2.45, 2.75) is 50.1 Å². The van der Waals surface area contributed by atoms with Gasteiger partial charge >= 0.3 is 5.97 Å². The highest BCUT2D eigenvalue weighted by Gasteiger charge is 2.37. The molecule has 1 saturated carbocycles. The molecule has 7 nitrogen and oxygen atoms in total. The smallest absolute Gasteiger partial charge is 0.326 e. The quantitative estimate of drug-likeness (QED) is 0.613. The van der Waals surface area contributed by atoms with Crippen LogP contribution in [0.2, 0.25) is 0 Å². The molecule has 5 N–H and O–H groups in total. The van der Waals surface area contributed by atoms with Crippen LogP contribution in [0.4, 0.5) is 0 Å². The number of carboxylic acids is 1. The molecule has 7 heteroatoms. The number of carbonyl (C=O) groups is 2. The van der Waals surface area contributed by atoms with E-state index >= 15 is 0 Å². The fraction of sp³-hybridized carbons (Fsp3) is 0.615. The topological polar surface area (TPSA) is 121 Å². The first-order valence-corrected chi connectivity index (χ1v) is 6.81. The summed E-state index contributed by atoms with van der Waals surface area (Å²) >= 11 is 0. The number of hydrogen-bond acceptors (Lipinski definition) is 4. The van der Waals surface area contributed by atoms with Crippen molar-refractivity contribution in [2.24, 2.45) is 5.73 Å². The summed E-state index contributed by atoms with van der Waals surface area (Å²) in [5.74, 6) is -1.45. The van der Waals surface area contributed by atoms with Gasteiger partial charge in [-0.3, -0.25) is 4.79 Å². The summed E-state index contributed by atoms with van der Waals surface area (Å²) in [5, 5.41) is 11.8. The van der Waals surface area contributed by atoms with Crippen LogP contribution in [0, 0.1) is 0 Å². The molecule has 1 aliphatic rings. The highest BCUT2D eigenvalue weighted by molar-refractivity contribution is 5.90. The summed E-state index contributed by atoms with van der Waals surface area (Å²) < 4.78 is 0. The van der Waals surface area contributed by atoms with Crippen LogP contribution in [-0.2, 0) is 16.0 Å². The monoisotopic (exact) mass is 280 g/mol. The second-order valence-corrected chi connectivity index (χ2v) is 5.36. The van der Waals surface area contributed by atoms with E-state index in [2.05, 4.69) is 15.3 Å². The third-order valence-corrected chi connectivity index (χ3v) is 3.78.